The maximum atomic E-state index is 12.7. The molecule has 1 aliphatic heterocycles. The van der Waals surface area contributed by atoms with Gasteiger partial charge >= 0.3 is 6.18 Å². The molecule has 0 bridgehead atoms. The van der Waals surface area contributed by atoms with E-state index in [1.165, 1.54) is 0 Å². The molecule has 2 aromatic heterocycles. The summed E-state index contributed by atoms with van der Waals surface area (Å²) in [6.07, 6.45) is 1.24. The molecular weight excluding hydrogens is 347 g/mol. The van der Waals surface area contributed by atoms with Crippen LogP contribution in [0.3, 0.4) is 0 Å². The maximum Gasteiger partial charge on any atom is 0.433 e. The fraction of sp³-hybridized carbons (Fsp3) is 0.588. The van der Waals surface area contributed by atoms with Gasteiger partial charge in [0.15, 0.2) is 0 Å². The Morgan fingerprint density at radius 1 is 1.19 bits per heavy atom. The molecule has 26 heavy (non-hydrogen) atoms. The summed E-state index contributed by atoms with van der Waals surface area (Å²) in [6.45, 7) is 2.36. The van der Waals surface area contributed by atoms with Gasteiger partial charge in [0, 0.05) is 31.6 Å². The molecule has 1 fully saturated rings. The van der Waals surface area contributed by atoms with Crippen LogP contribution in [0.4, 0.5) is 19.0 Å². The molecule has 0 amide bonds. The molecule has 6 nitrogen and oxygen atoms in total. The second-order valence-corrected chi connectivity index (χ2v) is 6.81. The first kappa shape index (κ1) is 17.3. The second-order valence-electron chi connectivity index (χ2n) is 6.81. The van der Waals surface area contributed by atoms with Crippen LogP contribution < -0.4 is 5.32 Å². The maximum absolute atomic E-state index is 12.7. The summed E-state index contributed by atoms with van der Waals surface area (Å²) in [5.74, 6) is 2.02. The van der Waals surface area contributed by atoms with E-state index in [0.29, 0.717) is 6.54 Å². The molecule has 2 aliphatic rings. The van der Waals surface area contributed by atoms with Gasteiger partial charge in [0.1, 0.15) is 23.6 Å². The molecule has 9 heteroatoms. The number of halogens is 3. The van der Waals surface area contributed by atoms with E-state index in [4.69, 9.17) is 4.42 Å². The number of nitrogens with zero attached hydrogens (tertiary/aromatic N) is 4. The Labute approximate surface area is 148 Å². The Morgan fingerprint density at radius 3 is 2.73 bits per heavy atom. The first-order valence-electron chi connectivity index (χ1n) is 8.83. The lowest BCUT2D eigenvalue weighted by Crippen LogP contribution is -2.38. The van der Waals surface area contributed by atoms with E-state index < -0.39 is 11.9 Å². The van der Waals surface area contributed by atoms with Crippen LogP contribution in [0.25, 0.3) is 0 Å². The van der Waals surface area contributed by atoms with Gasteiger partial charge < -0.3 is 9.73 Å². The highest BCUT2D eigenvalue weighted by atomic mass is 19.4. The molecular formula is C17H20F3N5O. The molecule has 140 valence electrons. The average molecular weight is 367 g/mol. The highest BCUT2D eigenvalue weighted by molar-refractivity contribution is 5.36. The number of oxazole rings is 1. The van der Waals surface area contributed by atoms with Gasteiger partial charge in [0.2, 0.25) is 5.89 Å². The minimum atomic E-state index is -4.46. The van der Waals surface area contributed by atoms with Crippen molar-refractivity contribution in [2.24, 2.45) is 0 Å². The van der Waals surface area contributed by atoms with Crippen molar-refractivity contribution in [3.8, 4) is 0 Å². The molecule has 1 aliphatic carbocycles. The van der Waals surface area contributed by atoms with E-state index in [9.17, 15) is 13.2 Å². The number of nitrogens with one attached hydrogen (secondary N) is 1. The molecule has 1 N–H and O–H groups in total. The monoisotopic (exact) mass is 367 g/mol. The third-order valence-electron chi connectivity index (χ3n) is 4.90. The van der Waals surface area contributed by atoms with E-state index in [0.717, 1.165) is 74.9 Å². The first-order chi connectivity index (χ1) is 12.5. The predicted octanol–water partition coefficient (Wildman–Crippen LogP) is 3.05. The van der Waals surface area contributed by atoms with Crippen LogP contribution in [0, 0.1) is 0 Å². The number of anilines is 1. The summed E-state index contributed by atoms with van der Waals surface area (Å²) in [7, 11) is 0. The number of piperidine rings is 1. The average Bonchev–Trinajstić information content (AvgIpc) is 3.18. The van der Waals surface area contributed by atoms with E-state index >= 15 is 0 Å². The van der Waals surface area contributed by atoms with Gasteiger partial charge in [0.05, 0.1) is 12.2 Å². The number of fused-ring (bicyclic) bond motifs is 1. The van der Waals surface area contributed by atoms with Gasteiger partial charge in [0.25, 0.3) is 0 Å². The van der Waals surface area contributed by atoms with Crippen molar-refractivity contribution < 1.29 is 17.6 Å². The molecule has 4 rings (SSSR count). The minimum absolute atomic E-state index is 0.0943. The van der Waals surface area contributed by atoms with Crippen molar-refractivity contribution in [3.63, 3.8) is 0 Å². The highest BCUT2D eigenvalue weighted by Crippen LogP contribution is 2.29. The molecule has 0 atom stereocenters. The van der Waals surface area contributed by atoms with Crippen LogP contribution in [0.15, 0.2) is 16.8 Å². The molecule has 3 heterocycles. The predicted molar refractivity (Wildman–Crippen MR) is 87.5 cm³/mol. The topological polar surface area (TPSA) is 67.1 Å². The number of hydrogen-bond donors (Lipinski definition) is 1. The standard InChI is InChI=1S/C17H20F3N5O/c18-17(19,20)14-8-15(22-10-21-14)23-11-4-6-25(7-5-11)9-16-24-12-2-1-3-13(12)26-16/h8,10-11H,1-7,9H2,(H,21,22,23). The third kappa shape index (κ3) is 3.82. The van der Waals surface area contributed by atoms with Gasteiger partial charge in [-0.3, -0.25) is 4.90 Å². The zero-order valence-corrected chi connectivity index (χ0v) is 14.2. The van der Waals surface area contributed by atoms with E-state index in [2.05, 4.69) is 25.2 Å². The second kappa shape index (κ2) is 6.86. The number of rotatable bonds is 4. The summed E-state index contributed by atoms with van der Waals surface area (Å²) in [5.41, 5.74) is 0.171. The van der Waals surface area contributed by atoms with Gasteiger partial charge in [-0.15, -0.1) is 0 Å². The first-order valence-corrected chi connectivity index (χ1v) is 8.83. The molecule has 2 aromatic rings. The van der Waals surface area contributed by atoms with Crippen molar-refractivity contribution in [2.45, 2.75) is 50.9 Å². The van der Waals surface area contributed by atoms with Crippen molar-refractivity contribution >= 4 is 5.82 Å². The van der Waals surface area contributed by atoms with E-state index in [1.54, 1.807) is 0 Å². The smallest absolute Gasteiger partial charge is 0.433 e. The molecule has 0 saturated carbocycles. The lowest BCUT2D eigenvalue weighted by atomic mass is 10.1. The lowest BCUT2D eigenvalue weighted by Gasteiger charge is -2.31. The summed E-state index contributed by atoms with van der Waals surface area (Å²) >= 11 is 0. The zero-order valence-electron chi connectivity index (χ0n) is 14.2. The SMILES string of the molecule is FC(F)(F)c1cc(NC2CCN(Cc3nc4c(o3)CCC4)CC2)ncn1. The van der Waals surface area contributed by atoms with Gasteiger partial charge in [-0.25, -0.2) is 15.0 Å². The summed E-state index contributed by atoms with van der Waals surface area (Å²) in [6, 6.07) is 1.05. The molecule has 0 unspecified atom stereocenters. The van der Waals surface area contributed by atoms with Crippen LogP contribution in [-0.4, -0.2) is 39.0 Å². The van der Waals surface area contributed by atoms with Crippen LogP contribution in [0.1, 0.15) is 42.3 Å². The van der Waals surface area contributed by atoms with Crippen LogP contribution in [-0.2, 0) is 25.6 Å². The Kier molecular flexibility index (Phi) is 4.56. The molecule has 0 aromatic carbocycles. The highest BCUT2D eigenvalue weighted by Gasteiger charge is 2.33. The number of likely N-dealkylation sites (tertiary alicyclic amines) is 1. The van der Waals surface area contributed by atoms with Crippen molar-refractivity contribution in [1.82, 2.24) is 19.9 Å². The minimum Gasteiger partial charge on any atom is -0.444 e. The fourth-order valence-corrected chi connectivity index (χ4v) is 3.54. The molecule has 0 spiro atoms. The van der Waals surface area contributed by atoms with E-state index in [1.807, 2.05) is 0 Å². The van der Waals surface area contributed by atoms with Crippen LogP contribution >= 0.6 is 0 Å². The third-order valence-corrected chi connectivity index (χ3v) is 4.90. The number of aromatic nitrogens is 3. The fourth-order valence-electron chi connectivity index (χ4n) is 3.54. The van der Waals surface area contributed by atoms with Crippen LogP contribution in [0.2, 0.25) is 0 Å². The molecule has 1 saturated heterocycles. The zero-order chi connectivity index (χ0) is 18.1. The van der Waals surface area contributed by atoms with Crippen molar-refractivity contribution in [3.05, 3.63) is 35.4 Å². The van der Waals surface area contributed by atoms with Crippen molar-refractivity contribution in [1.29, 1.82) is 0 Å². The lowest BCUT2D eigenvalue weighted by molar-refractivity contribution is -0.141. The van der Waals surface area contributed by atoms with Crippen LogP contribution in [0.5, 0.6) is 0 Å². The Balaban J connectivity index is 1.29. The Bertz CT molecular complexity index is 746. The normalized spacial score (nSPS) is 18.9. The Morgan fingerprint density at radius 2 is 2.00 bits per heavy atom. The van der Waals surface area contributed by atoms with Crippen molar-refractivity contribution in [2.75, 3.05) is 18.4 Å². The molecule has 0 radical (unpaired) electrons. The summed E-state index contributed by atoms with van der Waals surface area (Å²) < 4.78 is 44.0. The van der Waals surface area contributed by atoms with Gasteiger partial charge in [-0.2, -0.15) is 13.2 Å². The number of aryl methyl sites for hydroxylation is 2. The number of hydrogen-bond acceptors (Lipinski definition) is 6. The summed E-state index contributed by atoms with van der Waals surface area (Å²) in [5, 5.41) is 3.09. The van der Waals surface area contributed by atoms with Gasteiger partial charge in [-0.1, -0.05) is 0 Å². The quantitative estimate of drug-likeness (QED) is 0.896. The van der Waals surface area contributed by atoms with E-state index in [-0.39, 0.29) is 11.9 Å². The van der Waals surface area contributed by atoms with Gasteiger partial charge in [-0.05, 0) is 25.7 Å². The largest absolute Gasteiger partial charge is 0.444 e. The summed E-state index contributed by atoms with van der Waals surface area (Å²) in [4.78, 5) is 14.0. The Hall–Kier alpha value is -2.16. The number of alkyl halides is 3.